The molecule has 0 aliphatic carbocycles. The van der Waals surface area contributed by atoms with Gasteiger partial charge in [0, 0.05) is 0 Å². The van der Waals surface area contributed by atoms with E-state index in [4.69, 9.17) is 0 Å². The molecule has 0 unspecified atom stereocenters. The number of aryl methyl sites for hydroxylation is 1. The lowest BCUT2D eigenvalue weighted by molar-refractivity contribution is 0.472. The van der Waals surface area contributed by atoms with E-state index in [1.165, 1.54) is 12.1 Å². The lowest BCUT2D eigenvalue weighted by Gasteiger charge is -1.97. The zero-order chi connectivity index (χ0) is 8.10. The number of benzene rings is 1. The van der Waals surface area contributed by atoms with Crippen molar-refractivity contribution < 1.29 is 8.78 Å². The van der Waals surface area contributed by atoms with E-state index in [9.17, 15) is 8.78 Å². The van der Waals surface area contributed by atoms with Gasteiger partial charge in [0.25, 0.3) is 0 Å². The van der Waals surface area contributed by atoms with E-state index in [1.807, 2.05) is 0 Å². The van der Waals surface area contributed by atoms with Crippen molar-refractivity contribution in [3.05, 3.63) is 35.6 Å². The molecule has 0 nitrogen and oxygen atoms in total. The Labute approximate surface area is 64.9 Å². The van der Waals surface area contributed by atoms with Crippen molar-refractivity contribution in [3.63, 3.8) is 0 Å². The highest BCUT2D eigenvalue weighted by molar-refractivity contribution is 5.16. The summed E-state index contributed by atoms with van der Waals surface area (Å²) in [4.78, 5) is 0. The first-order valence-electron chi connectivity index (χ1n) is 3.63. The molecule has 0 aromatic heterocycles. The van der Waals surface area contributed by atoms with Gasteiger partial charge >= 0.3 is 0 Å². The fourth-order valence-electron chi connectivity index (χ4n) is 0.963. The second-order valence-electron chi connectivity index (χ2n) is 2.42. The van der Waals surface area contributed by atoms with Crippen molar-refractivity contribution in [1.82, 2.24) is 0 Å². The molecule has 0 atom stereocenters. The van der Waals surface area contributed by atoms with Crippen molar-refractivity contribution in [1.29, 1.82) is 0 Å². The summed E-state index contributed by atoms with van der Waals surface area (Å²) in [7, 11) is 0. The second kappa shape index (κ2) is 4.06. The molecule has 2 heteroatoms. The van der Waals surface area contributed by atoms with Crippen LogP contribution in [0.15, 0.2) is 24.3 Å². The largest absolute Gasteiger partial charge is 0.251 e. The molecular formula is C9H10F2. The smallest absolute Gasteiger partial charge is 0.123 e. The third-order valence-corrected chi connectivity index (χ3v) is 1.49. The van der Waals surface area contributed by atoms with Crippen LogP contribution in [0.2, 0.25) is 0 Å². The van der Waals surface area contributed by atoms with Gasteiger partial charge in [-0.2, -0.15) is 0 Å². The van der Waals surface area contributed by atoms with E-state index in [2.05, 4.69) is 0 Å². The Hall–Kier alpha value is -0.920. The minimum atomic E-state index is -0.337. The first-order valence-corrected chi connectivity index (χ1v) is 3.63. The van der Waals surface area contributed by atoms with E-state index in [0.29, 0.717) is 12.8 Å². The Bertz CT molecular complexity index is 221. The molecule has 0 aliphatic heterocycles. The molecule has 0 amide bonds. The number of halogens is 2. The van der Waals surface area contributed by atoms with E-state index >= 15 is 0 Å². The van der Waals surface area contributed by atoms with Gasteiger partial charge in [0.1, 0.15) is 5.82 Å². The SMILES string of the molecule is FCCCc1cccc(F)c1. The first-order chi connectivity index (χ1) is 5.33. The van der Waals surface area contributed by atoms with Crippen molar-refractivity contribution in [2.24, 2.45) is 0 Å². The zero-order valence-electron chi connectivity index (χ0n) is 6.19. The summed E-state index contributed by atoms with van der Waals surface area (Å²) in [5.74, 6) is -0.249. The van der Waals surface area contributed by atoms with Crippen molar-refractivity contribution in [2.75, 3.05) is 6.67 Å². The Morgan fingerprint density at radius 3 is 2.73 bits per heavy atom. The van der Waals surface area contributed by atoms with Gasteiger partial charge in [0.05, 0.1) is 6.67 Å². The van der Waals surface area contributed by atoms with Crippen molar-refractivity contribution in [3.8, 4) is 0 Å². The van der Waals surface area contributed by atoms with Crippen LogP contribution in [0.25, 0.3) is 0 Å². The molecule has 0 spiro atoms. The maximum Gasteiger partial charge on any atom is 0.123 e. The third kappa shape index (κ3) is 2.66. The van der Waals surface area contributed by atoms with Crippen LogP contribution in [0.3, 0.4) is 0 Å². The Kier molecular flexibility index (Phi) is 3.02. The summed E-state index contributed by atoms with van der Waals surface area (Å²) in [5, 5.41) is 0. The average Bonchev–Trinajstić information content (AvgIpc) is 2.01. The van der Waals surface area contributed by atoms with Crippen LogP contribution in [0, 0.1) is 5.82 Å². The van der Waals surface area contributed by atoms with Gasteiger partial charge in [-0.3, -0.25) is 4.39 Å². The van der Waals surface area contributed by atoms with Crippen LogP contribution in [-0.2, 0) is 6.42 Å². The van der Waals surface area contributed by atoms with Crippen LogP contribution in [-0.4, -0.2) is 6.67 Å². The summed E-state index contributed by atoms with van der Waals surface area (Å²) >= 11 is 0. The zero-order valence-corrected chi connectivity index (χ0v) is 6.19. The molecule has 1 rings (SSSR count). The first kappa shape index (κ1) is 8.18. The summed E-state index contributed by atoms with van der Waals surface area (Å²) in [5.41, 5.74) is 0.864. The average molecular weight is 156 g/mol. The van der Waals surface area contributed by atoms with Gasteiger partial charge < -0.3 is 0 Å². The van der Waals surface area contributed by atoms with Crippen molar-refractivity contribution in [2.45, 2.75) is 12.8 Å². The number of alkyl halides is 1. The molecule has 60 valence electrons. The lowest BCUT2D eigenvalue weighted by Crippen LogP contribution is -1.87. The highest BCUT2D eigenvalue weighted by atomic mass is 19.1. The number of rotatable bonds is 3. The lowest BCUT2D eigenvalue weighted by atomic mass is 10.1. The van der Waals surface area contributed by atoms with Gasteiger partial charge in [0.15, 0.2) is 0 Å². The summed E-state index contributed by atoms with van der Waals surface area (Å²) in [6.45, 7) is -0.337. The number of hydrogen-bond acceptors (Lipinski definition) is 0. The Balaban J connectivity index is 2.56. The fraction of sp³-hybridized carbons (Fsp3) is 0.333. The summed E-state index contributed by atoms with van der Waals surface area (Å²) in [6.07, 6.45) is 1.09. The molecule has 0 N–H and O–H groups in total. The van der Waals surface area contributed by atoms with E-state index in [0.717, 1.165) is 5.56 Å². The van der Waals surface area contributed by atoms with Crippen LogP contribution in [0.4, 0.5) is 8.78 Å². The predicted octanol–water partition coefficient (Wildman–Crippen LogP) is 2.73. The van der Waals surface area contributed by atoms with Crippen LogP contribution < -0.4 is 0 Å². The van der Waals surface area contributed by atoms with Crippen LogP contribution in [0.1, 0.15) is 12.0 Å². The Morgan fingerprint density at radius 1 is 1.27 bits per heavy atom. The van der Waals surface area contributed by atoms with Crippen LogP contribution in [0.5, 0.6) is 0 Å². The molecule has 0 saturated carbocycles. The van der Waals surface area contributed by atoms with Gasteiger partial charge in [-0.25, -0.2) is 4.39 Å². The summed E-state index contributed by atoms with van der Waals surface area (Å²) < 4.78 is 24.2. The van der Waals surface area contributed by atoms with Crippen molar-refractivity contribution >= 4 is 0 Å². The normalized spacial score (nSPS) is 10.0. The second-order valence-corrected chi connectivity index (χ2v) is 2.42. The molecule has 1 aromatic rings. The fourth-order valence-corrected chi connectivity index (χ4v) is 0.963. The minimum Gasteiger partial charge on any atom is -0.251 e. The number of hydrogen-bond donors (Lipinski definition) is 0. The molecule has 0 bridgehead atoms. The topological polar surface area (TPSA) is 0 Å². The molecule has 0 aliphatic rings. The highest BCUT2D eigenvalue weighted by Crippen LogP contribution is 2.05. The quantitative estimate of drug-likeness (QED) is 0.631. The molecule has 1 aromatic carbocycles. The van der Waals surface area contributed by atoms with Gasteiger partial charge in [-0.1, -0.05) is 12.1 Å². The highest BCUT2D eigenvalue weighted by Gasteiger charge is 1.93. The molecular weight excluding hydrogens is 146 g/mol. The molecule has 11 heavy (non-hydrogen) atoms. The molecule has 0 heterocycles. The Morgan fingerprint density at radius 2 is 2.09 bits per heavy atom. The third-order valence-electron chi connectivity index (χ3n) is 1.49. The van der Waals surface area contributed by atoms with Gasteiger partial charge in [-0.15, -0.1) is 0 Å². The molecule has 0 fully saturated rings. The molecule has 0 radical (unpaired) electrons. The van der Waals surface area contributed by atoms with E-state index in [1.54, 1.807) is 12.1 Å². The minimum absolute atomic E-state index is 0.249. The van der Waals surface area contributed by atoms with Gasteiger partial charge in [-0.05, 0) is 30.5 Å². The predicted molar refractivity (Wildman–Crippen MR) is 40.7 cm³/mol. The maximum atomic E-state index is 12.5. The standard InChI is InChI=1S/C9H10F2/c10-6-2-4-8-3-1-5-9(11)7-8/h1,3,5,7H,2,4,6H2. The van der Waals surface area contributed by atoms with E-state index in [-0.39, 0.29) is 12.5 Å². The molecule has 0 saturated heterocycles. The van der Waals surface area contributed by atoms with Gasteiger partial charge in [0.2, 0.25) is 0 Å². The summed E-state index contributed by atoms with van der Waals surface area (Å²) in [6, 6.07) is 6.27. The maximum absolute atomic E-state index is 12.5. The van der Waals surface area contributed by atoms with Crippen LogP contribution >= 0.6 is 0 Å². The van der Waals surface area contributed by atoms with E-state index < -0.39 is 0 Å². The monoisotopic (exact) mass is 156 g/mol.